The summed E-state index contributed by atoms with van der Waals surface area (Å²) in [6, 6.07) is 14.0. The number of hydrogen-bond acceptors (Lipinski definition) is 4. The molecule has 1 heterocycles. The second-order valence-electron chi connectivity index (χ2n) is 7.03. The Kier molecular flexibility index (Phi) is 5.07. The van der Waals surface area contributed by atoms with E-state index in [-0.39, 0.29) is 6.10 Å². The predicted molar refractivity (Wildman–Crippen MR) is 109 cm³/mol. The van der Waals surface area contributed by atoms with Crippen LogP contribution in [0.5, 0.6) is 5.75 Å². The Morgan fingerprint density at radius 3 is 2.62 bits per heavy atom. The first-order valence-corrected chi connectivity index (χ1v) is 9.92. The second kappa shape index (κ2) is 7.62. The lowest BCUT2D eigenvalue weighted by Gasteiger charge is -2.27. The molecular weight excluding hydrogens is 390 g/mol. The van der Waals surface area contributed by atoms with Gasteiger partial charge in [-0.15, -0.1) is 0 Å². The van der Waals surface area contributed by atoms with Gasteiger partial charge in [0.2, 0.25) is 5.95 Å². The summed E-state index contributed by atoms with van der Waals surface area (Å²) in [6.07, 6.45) is 6.78. The number of anilines is 2. The molecule has 0 saturated heterocycles. The van der Waals surface area contributed by atoms with Crippen LogP contribution in [0.2, 0.25) is 0 Å². The second-order valence-corrected chi connectivity index (χ2v) is 7.94. The van der Waals surface area contributed by atoms with Gasteiger partial charge < -0.3 is 10.1 Å². The smallest absolute Gasteiger partial charge is 0.227 e. The topological polar surface area (TPSA) is 47.0 Å². The lowest BCUT2D eigenvalue weighted by Crippen LogP contribution is -2.23. The Morgan fingerprint density at radius 2 is 1.85 bits per heavy atom. The summed E-state index contributed by atoms with van der Waals surface area (Å²) < 4.78 is 7.34. The normalized spacial score (nSPS) is 20.1. The number of nitrogens with one attached hydrogen (secondary N) is 1. The van der Waals surface area contributed by atoms with Crippen LogP contribution in [0.3, 0.4) is 0 Å². The van der Waals surface area contributed by atoms with Crippen LogP contribution in [-0.2, 0) is 0 Å². The van der Waals surface area contributed by atoms with Gasteiger partial charge in [0, 0.05) is 21.7 Å². The Bertz CT molecular complexity index is 892. The van der Waals surface area contributed by atoms with Crippen molar-refractivity contribution in [3.63, 3.8) is 0 Å². The molecule has 2 aromatic carbocycles. The van der Waals surface area contributed by atoms with Gasteiger partial charge in [0.05, 0.1) is 6.10 Å². The molecule has 0 radical (unpaired) electrons. The van der Waals surface area contributed by atoms with E-state index in [0.29, 0.717) is 5.95 Å². The summed E-state index contributed by atoms with van der Waals surface area (Å²) in [5.74, 6) is 2.21. The zero-order valence-corrected chi connectivity index (χ0v) is 16.4. The van der Waals surface area contributed by atoms with Crippen molar-refractivity contribution >= 4 is 38.5 Å². The summed E-state index contributed by atoms with van der Waals surface area (Å²) in [6.45, 7) is 2.32. The molecule has 1 N–H and O–H groups in total. The van der Waals surface area contributed by atoms with E-state index in [2.05, 4.69) is 33.2 Å². The molecule has 1 aliphatic carbocycles. The van der Waals surface area contributed by atoms with E-state index in [1.807, 2.05) is 48.7 Å². The highest BCUT2D eigenvalue weighted by atomic mass is 79.9. The van der Waals surface area contributed by atoms with Crippen molar-refractivity contribution in [3.05, 3.63) is 53.1 Å². The van der Waals surface area contributed by atoms with Crippen LogP contribution in [0.4, 0.5) is 11.6 Å². The Hall–Kier alpha value is -2.14. The molecule has 3 aromatic rings. The highest BCUT2D eigenvalue weighted by Gasteiger charge is 2.21. The molecule has 5 heteroatoms. The van der Waals surface area contributed by atoms with Gasteiger partial charge in [0.25, 0.3) is 0 Å². The average Bonchev–Trinajstić information content (AvgIpc) is 2.65. The molecule has 1 fully saturated rings. The highest BCUT2D eigenvalue weighted by Crippen LogP contribution is 2.33. The molecule has 0 amide bonds. The minimum Gasteiger partial charge on any atom is -0.488 e. The van der Waals surface area contributed by atoms with Crippen molar-refractivity contribution in [1.82, 2.24) is 9.97 Å². The lowest BCUT2D eigenvalue weighted by atomic mass is 9.89. The average molecular weight is 412 g/mol. The maximum absolute atomic E-state index is 6.35. The van der Waals surface area contributed by atoms with Crippen molar-refractivity contribution in [2.45, 2.75) is 38.7 Å². The molecule has 1 aliphatic rings. The molecule has 4 nitrogen and oxygen atoms in total. The van der Waals surface area contributed by atoms with Gasteiger partial charge >= 0.3 is 0 Å². The first kappa shape index (κ1) is 17.3. The molecule has 0 atom stereocenters. The third-order valence-electron chi connectivity index (χ3n) is 4.90. The molecule has 1 saturated carbocycles. The number of nitrogens with zero attached hydrogens (tertiary/aromatic N) is 2. The molecular formula is C21H22BrN3O. The van der Waals surface area contributed by atoms with Crippen molar-refractivity contribution in [1.29, 1.82) is 0 Å². The van der Waals surface area contributed by atoms with Gasteiger partial charge in [0.1, 0.15) is 11.3 Å². The number of halogens is 1. The SMILES string of the molecule is CC1CCC(Oc2cc(Br)cc3cnc(Nc4ccccc4)nc23)CC1. The Morgan fingerprint density at radius 1 is 1.08 bits per heavy atom. The summed E-state index contributed by atoms with van der Waals surface area (Å²) in [5.41, 5.74) is 1.81. The molecule has 0 spiro atoms. The van der Waals surface area contributed by atoms with Gasteiger partial charge in [-0.05, 0) is 55.9 Å². The van der Waals surface area contributed by atoms with Gasteiger partial charge in [0.15, 0.2) is 0 Å². The number of ether oxygens (including phenoxy) is 1. The van der Waals surface area contributed by atoms with Crippen LogP contribution in [0, 0.1) is 5.92 Å². The molecule has 0 bridgehead atoms. The van der Waals surface area contributed by atoms with Crippen molar-refractivity contribution in [2.75, 3.05) is 5.32 Å². The predicted octanol–water partition coefficient (Wildman–Crippen LogP) is 6.09. The van der Waals surface area contributed by atoms with Gasteiger partial charge in [-0.25, -0.2) is 9.97 Å². The minimum atomic E-state index is 0.268. The van der Waals surface area contributed by atoms with E-state index in [4.69, 9.17) is 9.72 Å². The van der Waals surface area contributed by atoms with Crippen LogP contribution < -0.4 is 10.1 Å². The number of rotatable bonds is 4. The van der Waals surface area contributed by atoms with Gasteiger partial charge in [-0.1, -0.05) is 41.1 Å². The van der Waals surface area contributed by atoms with Crippen LogP contribution in [-0.4, -0.2) is 16.1 Å². The highest BCUT2D eigenvalue weighted by molar-refractivity contribution is 9.10. The molecule has 26 heavy (non-hydrogen) atoms. The third kappa shape index (κ3) is 3.98. The first-order chi connectivity index (χ1) is 12.7. The monoisotopic (exact) mass is 411 g/mol. The van der Waals surface area contributed by atoms with E-state index < -0.39 is 0 Å². The zero-order valence-electron chi connectivity index (χ0n) is 14.8. The van der Waals surface area contributed by atoms with E-state index in [1.165, 1.54) is 12.8 Å². The maximum Gasteiger partial charge on any atom is 0.227 e. The van der Waals surface area contributed by atoms with Crippen LogP contribution >= 0.6 is 15.9 Å². The number of hydrogen-bond donors (Lipinski definition) is 1. The number of para-hydroxylation sites is 1. The van der Waals surface area contributed by atoms with Crippen molar-refractivity contribution in [3.8, 4) is 5.75 Å². The number of aromatic nitrogens is 2. The van der Waals surface area contributed by atoms with E-state index >= 15 is 0 Å². The third-order valence-corrected chi connectivity index (χ3v) is 5.36. The summed E-state index contributed by atoms with van der Waals surface area (Å²) in [5, 5.41) is 4.23. The fourth-order valence-electron chi connectivity index (χ4n) is 3.41. The lowest BCUT2D eigenvalue weighted by molar-refractivity contribution is 0.137. The summed E-state index contributed by atoms with van der Waals surface area (Å²) in [7, 11) is 0. The Labute approximate surface area is 162 Å². The molecule has 4 rings (SSSR count). The molecule has 134 valence electrons. The van der Waals surface area contributed by atoms with Gasteiger partial charge in [-0.3, -0.25) is 0 Å². The molecule has 0 aliphatic heterocycles. The van der Waals surface area contributed by atoms with E-state index in [0.717, 1.165) is 45.6 Å². The first-order valence-electron chi connectivity index (χ1n) is 9.12. The summed E-state index contributed by atoms with van der Waals surface area (Å²) >= 11 is 3.58. The van der Waals surface area contributed by atoms with Crippen molar-refractivity contribution < 1.29 is 4.74 Å². The maximum atomic E-state index is 6.35. The minimum absolute atomic E-state index is 0.268. The summed E-state index contributed by atoms with van der Waals surface area (Å²) in [4.78, 5) is 9.17. The van der Waals surface area contributed by atoms with Crippen LogP contribution in [0.25, 0.3) is 10.9 Å². The standard InChI is InChI=1S/C21H22BrN3O/c1-14-7-9-18(10-8-14)26-19-12-16(22)11-15-13-23-21(25-20(15)19)24-17-5-3-2-4-6-17/h2-6,11-14,18H,7-10H2,1H3,(H,23,24,25). The number of benzene rings is 2. The molecule has 0 unspecified atom stereocenters. The fourth-order valence-corrected chi connectivity index (χ4v) is 3.86. The van der Waals surface area contributed by atoms with Crippen LogP contribution in [0.1, 0.15) is 32.6 Å². The largest absolute Gasteiger partial charge is 0.488 e. The number of fused-ring (bicyclic) bond motifs is 1. The quantitative estimate of drug-likeness (QED) is 0.563. The van der Waals surface area contributed by atoms with Gasteiger partial charge in [-0.2, -0.15) is 0 Å². The van der Waals surface area contributed by atoms with E-state index in [9.17, 15) is 0 Å². The molecule has 1 aromatic heterocycles. The Balaban J connectivity index is 1.63. The fraction of sp³-hybridized carbons (Fsp3) is 0.333. The van der Waals surface area contributed by atoms with Crippen LogP contribution in [0.15, 0.2) is 53.1 Å². The van der Waals surface area contributed by atoms with E-state index in [1.54, 1.807) is 0 Å². The zero-order chi connectivity index (χ0) is 17.9. The van der Waals surface area contributed by atoms with Crippen molar-refractivity contribution in [2.24, 2.45) is 5.92 Å².